The maximum Gasteiger partial charge on any atom is 0.279 e. The maximum absolute atomic E-state index is 12.1. The lowest BCUT2D eigenvalue weighted by Crippen LogP contribution is -2.41. The average Bonchev–Trinajstić information content (AvgIpc) is 2.90. The molecule has 6 nitrogen and oxygen atoms in total. The third-order valence-electron chi connectivity index (χ3n) is 3.33. The first-order chi connectivity index (χ1) is 11.0. The van der Waals surface area contributed by atoms with Crippen LogP contribution in [0.4, 0.5) is 0 Å². The molecule has 2 amide bonds. The van der Waals surface area contributed by atoms with Gasteiger partial charge in [-0.15, -0.1) is 11.3 Å². The van der Waals surface area contributed by atoms with Gasteiger partial charge in [-0.05, 0) is 43.7 Å². The number of amides is 2. The second kappa shape index (κ2) is 7.15. The molecule has 2 rings (SSSR count). The van der Waals surface area contributed by atoms with E-state index in [4.69, 9.17) is 9.47 Å². The van der Waals surface area contributed by atoms with E-state index in [9.17, 15) is 9.59 Å². The first kappa shape index (κ1) is 16.8. The van der Waals surface area contributed by atoms with Gasteiger partial charge in [0.2, 0.25) is 0 Å². The van der Waals surface area contributed by atoms with Crippen molar-refractivity contribution < 1.29 is 19.1 Å². The summed E-state index contributed by atoms with van der Waals surface area (Å²) in [5, 5.41) is 0. The monoisotopic (exact) mass is 334 g/mol. The molecule has 122 valence electrons. The molecule has 0 unspecified atom stereocenters. The van der Waals surface area contributed by atoms with Gasteiger partial charge >= 0.3 is 0 Å². The first-order valence-electron chi connectivity index (χ1n) is 6.86. The second-order valence-corrected chi connectivity index (χ2v) is 6.08. The second-order valence-electron chi connectivity index (χ2n) is 4.83. The van der Waals surface area contributed by atoms with Crippen LogP contribution in [-0.2, 0) is 0 Å². The van der Waals surface area contributed by atoms with Gasteiger partial charge in [0, 0.05) is 10.4 Å². The minimum atomic E-state index is -0.440. The normalized spacial score (nSPS) is 10.1. The summed E-state index contributed by atoms with van der Waals surface area (Å²) in [6.07, 6.45) is 0. The predicted octanol–water partition coefficient (Wildman–Crippen LogP) is 2.46. The van der Waals surface area contributed by atoms with Crippen LogP contribution in [0.15, 0.2) is 24.3 Å². The van der Waals surface area contributed by atoms with Gasteiger partial charge in [0.1, 0.15) is 0 Å². The zero-order valence-corrected chi connectivity index (χ0v) is 14.2. The van der Waals surface area contributed by atoms with Gasteiger partial charge in [-0.2, -0.15) is 0 Å². The van der Waals surface area contributed by atoms with E-state index < -0.39 is 5.91 Å². The molecule has 0 aliphatic carbocycles. The molecular weight excluding hydrogens is 316 g/mol. The van der Waals surface area contributed by atoms with Crippen molar-refractivity contribution in [3.63, 3.8) is 0 Å². The van der Waals surface area contributed by atoms with Crippen molar-refractivity contribution in [2.24, 2.45) is 0 Å². The average molecular weight is 334 g/mol. The molecule has 7 heteroatoms. The Morgan fingerprint density at radius 2 is 1.61 bits per heavy atom. The van der Waals surface area contributed by atoms with E-state index in [-0.39, 0.29) is 5.91 Å². The van der Waals surface area contributed by atoms with Crippen molar-refractivity contribution >= 4 is 23.2 Å². The molecule has 2 aromatic rings. The number of ether oxygens (including phenoxy) is 2. The highest BCUT2D eigenvalue weighted by atomic mass is 32.1. The third kappa shape index (κ3) is 3.81. The summed E-state index contributed by atoms with van der Waals surface area (Å²) in [7, 11) is 3.01. The van der Waals surface area contributed by atoms with Crippen molar-refractivity contribution in [3.05, 3.63) is 45.1 Å². The number of hydrazine groups is 1. The van der Waals surface area contributed by atoms with Crippen LogP contribution >= 0.6 is 11.3 Å². The molecule has 0 fully saturated rings. The van der Waals surface area contributed by atoms with Crippen LogP contribution in [-0.4, -0.2) is 26.0 Å². The van der Waals surface area contributed by atoms with Gasteiger partial charge in [0.15, 0.2) is 11.5 Å². The lowest BCUT2D eigenvalue weighted by molar-refractivity contribution is 0.0848. The molecule has 0 spiro atoms. The zero-order valence-electron chi connectivity index (χ0n) is 13.4. The SMILES string of the molecule is COc1ccc(C(=O)NNC(=O)c2cc(C)c(C)s2)cc1OC. The molecule has 1 aromatic carbocycles. The first-order valence-corrected chi connectivity index (χ1v) is 7.67. The summed E-state index contributed by atoms with van der Waals surface area (Å²) in [5.41, 5.74) is 6.19. The molecule has 23 heavy (non-hydrogen) atoms. The molecule has 0 bridgehead atoms. The molecule has 1 aromatic heterocycles. The quantitative estimate of drug-likeness (QED) is 0.842. The molecule has 0 aliphatic heterocycles. The molecule has 0 aliphatic rings. The summed E-state index contributed by atoms with van der Waals surface area (Å²) in [4.78, 5) is 25.7. The van der Waals surface area contributed by atoms with Crippen LogP contribution < -0.4 is 20.3 Å². The van der Waals surface area contributed by atoms with Crippen molar-refractivity contribution in [1.29, 1.82) is 0 Å². The summed E-state index contributed by atoms with van der Waals surface area (Å²) in [6, 6.07) is 6.54. The number of methoxy groups -OCH3 is 2. The number of nitrogens with one attached hydrogen (secondary N) is 2. The van der Waals surface area contributed by atoms with Crippen LogP contribution in [0.1, 0.15) is 30.5 Å². The fraction of sp³-hybridized carbons (Fsp3) is 0.250. The van der Waals surface area contributed by atoms with Crippen LogP contribution in [0, 0.1) is 13.8 Å². The van der Waals surface area contributed by atoms with Crippen LogP contribution in [0.3, 0.4) is 0 Å². The summed E-state index contributed by atoms with van der Waals surface area (Å²) >= 11 is 1.38. The molecule has 0 saturated heterocycles. The van der Waals surface area contributed by atoms with Gasteiger partial charge < -0.3 is 9.47 Å². The number of hydrogen-bond acceptors (Lipinski definition) is 5. The summed E-state index contributed by atoms with van der Waals surface area (Å²) in [6.45, 7) is 3.88. The van der Waals surface area contributed by atoms with E-state index in [1.54, 1.807) is 24.3 Å². The van der Waals surface area contributed by atoms with Gasteiger partial charge in [0.25, 0.3) is 11.8 Å². The van der Waals surface area contributed by atoms with Gasteiger partial charge in [-0.1, -0.05) is 0 Å². The van der Waals surface area contributed by atoms with Gasteiger partial charge in [0.05, 0.1) is 19.1 Å². The van der Waals surface area contributed by atoms with Crippen molar-refractivity contribution in [2.75, 3.05) is 14.2 Å². The smallest absolute Gasteiger partial charge is 0.279 e. The number of rotatable bonds is 4. The van der Waals surface area contributed by atoms with Crippen molar-refractivity contribution in [2.45, 2.75) is 13.8 Å². The Labute approximate surface area is 138 Å². The number of aryl methyl sites for hydroxylation is 2. The highest BCUT2D eigenvalue weighted by Gasteiger charge is 2.14. The lowest BCUT2D eigenvalue weighted by atomic mass is 10.2. The number of carbonyl (C=O) groups excluding carboxylic acids is 2. The van der Waals surface area contributed by atoms with E-state index in [2.05, 4.69) is 10.9 Å². The maximum atomic E-state index is 12.1. The Morgan fingerprint density at radius 3 is 2.17 bits per heavy atom. The Hall–Kier alpha value is -2.54. The van der Waals surface area contributed by atoms with E-state index >= 15 is 0 Å². The standard InChI is InChI=1S/C16H18N2O4S/c1-9-7-14(23-10(9)2)16(20)18-17-15(19)11-5-6-12(21-3)13(8-11)22-4/h5-8H,1-4H3,(H,17,19)(H,18,20). The number of carbonyl (C=O) groups is 2. The Morgan fingerprint density at radius 1 is 0.957 bits per heavy atom. The number of thiophene rings is 1. The van der Waals surface area contributed by atoms with E-state index in [1.165, 1.54) is 25.6 Å². The van der Waals surface area contributed by atoms with Crippen LogP contribution in [0.25, 0.3) is 0 Å². The molecule has 0 radical (unpaired) electrons. The Kier molecular flexibility index (Phi) is 5.23. The van der Waals surface area contributed by atoms with Crippen LogP contribution in [0.5, 0.6) is 11.5 Å². The molecule has 0 saturated carbocycles. The zero-order chi connectivity index (χ0) is 17.0. The highest BCUT2D eigenvalue weighted by Crippen LogP contribution is 2.27. The summed E-state index contributed by atoms with van der Waals surface area (Å²) < 4.78 is 10.3. The molecule has 1 heterocycles. The molecular formula is C16H18N2O4S. The molecule has 2 N–H and O–H groups in total. The third-order valence-corrected chi connectivity index (χ3v) is 4.48. The van der Waals surface area contributed by atoms with E-state index in [1.807, 2.05) is 13.8 Å². The number of hydrogen-bond donors (Lipinski definition) is 2. The Bertz CT molecular complexity index is 720. The van der Waals surface area contributed by atoms with Gasteiger partial charge in [-0.25, -0.2) is 0 Å². The summed E-state index contributed by atoms with van der Waals surface area (Å²) in [5.74, 6) is 0.179. The fourth-order valence-corrected chi connectivity index (χ4v) is 2.84. The van der Waals surface area contributed by atoms with E-state index in [0.717, 1.165) is 10.4 Å². The minimum Gasteiger partial charge on any atom is -0.493 e. The Balaban J connectivity index is 2.03. The van der Waals surface area contributed by atoms with Crippen LogP contribution in [0.2, 0.25) is 0 Å². The minimum absolute atomic E-state index is 0.347. The number of benzene rings is 1. The largest absolute Gasteiger partial charge is 0.493 e. The highest BCUT2D eigenvalue weighted by molar-refractivity contribution is 7.14. The van der Waals surface area contributed by atoms with Crippen molar-refractivity contribution in [1.82, 2.24) is 10.9 Å². The predicted molar refractivity (Wildman–Crippen MR) is 88.3 cm³/mol. The van der Waals surface area contributed by atoms with Crippen molar-refractivity contribution in [3.8, 4) is 11.5 Å². The van der Waals surface area contributed by atoms with E-state index in [0.29, 0.717) is 21.9 Å². The topological polar surface area (TPSA) is 76.7 Å². The lowest BCUT2D eigenvalue weighted by Gasteiger charge is -2.10. The fourth-order valence-electron chi connectivity index (χ4n) is 1.91. The van der Waals surface area contributed by atoms with Gasteiger partial charge in [-0.3, -0.25) is 20.4 Å². The molecule has 0 atom stereocenters.